The first kappa shape index (κ1) is 9.45. The second-order valence-electron chi connectivity index (χ2n) is 3.05. The van der Waals surface area contributed by atoms with Crippen LogP contribution in [0.5, 0.6) is 0 Å². The van der Waals surface area contributed by atoms with E-state index in [4.69, 9.17) is 14.6 Å². The average molecular weight is 225 g/mol. The van der Waals surface area contributed by atoms with E-state index in [-0.39, 0.29) is 18.8 Å². The maximum Gasteiger partial charge on any atom is 0.163 e. The predicted molar refractivity (Wildman–Crippen MR) is 44.7 cm³/mol. The lowest BCUT2D eigenvalue weighted by Gasteiger charge is -2.16. The number of aliphatic hydroxyl groups excluding tert-OH is 1. The maximum absolute atomic E-state index is 8.87. The zero-order chi connectivity index (χ0) is 8.48. The van der Waals surface area contributed by atoms with Crippen molar-refractivity contribution in [1.29, 1.82) is 0 Å². The van der Waals surface area contributed by atoms with Crippen LogP contribution < -0.4 is 0 Å². The van der Waals surface area contributed by atoms with Gasteiger partial charge < -0.3 is 14.6 Å². The summed E-state index contributed by atoms with van der Waals surface area (Å²) in [5.41, 5.74) is 0. The third-order valence-corrected chi connectivity index (χ3v) is 2.26. The molecule has 0 unspecified atom stereocenters. The highest BCUT2D eigenvalue weighted by molar-refractivity contribution is 9.09. The summed E-state index contributed by atoms with van der Waals surface area (Å²) >= 11 is 3.29. The second-order valence-corrected chi connectivity index (χ2v) is 3.70. The molecule has 0 aromatic heterocycles. The van der Waals surface area contributed by atoms with Crippen LogP contribution in [-0.4, -0.2) is 35.0 Å². The van der Waals surface area contributed by atoms with Gasteiger partial charge in [-0.05, 0) is 13.8 Å². The Morgan fingerprint density at radius 3 is 2.27 bits per heavy atom. The van der Waals surface area contributed by atoms with Gasteiger partial charge in [-0.25, -0.2) is 0 Å². The molecular weight excluding hydrogens is 212 g/mol. The molecule has 4 heteroatoms. The molecule has 0 radical (unpaired) electrons. The standard InChI is InChI=1S/C7H13BrO3/c1-7(2)10-5(3-8)6(4-9)11-7/h5-6,9H,3-4H2,1-2H3/t5-,6-/m0/s1. The van der Waals surface area contributed by atoms with Crippen molar-refractivity contribution in [1.82, 2.24) is 0 Å². The molecule has 1 aliphatic rings. The molecule has 0 bridgehead atoms. The number of hydrogen-bond donors (Lipinski definition) is 1. The van der Waals surface area contributed by atoms with Crippen molar-refractivity contribution in [2.24, 2.45) is 0 Å². The van der Waals surface area contributed by atoms with Gasteiger partial charge in [0.15, 0.2) is 5.79 Å². The zero-order valence-electron chi connectivity index (χ0n) is 6.71. The number of ether oxygens (including phenoxy) is 2. The summed E-state index contributed by atoms with van der Waals surface area (Å²) in [4.78, 5) is 0. The summed E-state index contributed by atoms with van der Waals surface area (Å²) in [6, 6.07) is 0. The third kappa shape index (κ3) is 2.15. The van der Waals surface area contributed by atoms with Crippen molar-refractivity contribution in [2.45, 2.75) is 31.8 Å². The summed E-state index contributed by atoms with van der Waals surface area (Å²) in [6.45, 7) is 3.70. The normalized spacial score (nSPS) is 36.0. The Hall–Kier alpha value is 0.360. The molecule has 66 valence electrons. The minimum Gasteiger partial charge on any atom is -0.394 e. The smallest absolute Gasteiger partial charge is 0.163 e. The van der Waals surface area contributed by atoms with Gasteiger partial charge in [0.05, 0.1) is 12.7 Å². The Morgan fingerprint density at radius 1 is 1.36 bits per heavy atom. The topological polar surface area (TPSA) is 38.7 Å². The molecule has 0 amide bonds. The number of aliphatic hydroxyl groups is 1. The number of halogens is 1. The molecule has 1 aliphatic heterocycles. The lowest BCUT2D eigenvalue weighted by Crippen LogP contribution is -2.27. The molecule has 1 rings (SSSR count). The monoisotopic (exact) mass is 224 g/mol. The quantitative estimate of drug-likeness (QED) is 0.709. The summed E-state index contributed by atoms with van der Waals surface area (Å²) < 4.78 is 10.9. The first-order valence-corrected chi connectivity index (χ1v) is 4.73. The van der Waals surface area contributed by atoms with E-state index in [1.54, 1.807) is 0 Å². The fourth-order valence-corrected chi connectivity index (χ4v) is 1.74. The molecule has 1 fully saturated rings. The summed E-state index contributed by atoms with van der Waals surface area (Å²) in [5.74, 6) is -0.550. The third-order valence-electron chi connectivity index (χ3n) is 1.62. The van der Waals surface area contributed by atoms with Gasteiger partial charge in [-0.2, -0.15) is 0 Å². The van der Waals surface area contributed by atoms with Crippen LogP contribution >= 0.6 is 15.9 Å². The molecule has 3 nitrogen and oxygen atoms in total. The number of alkyl halides is 1. The fraction of sp³-hybridized carbons (Fsp3) is 1.00. The van der Waals surface area contributed by atoms with Crippen LogP contribution in [0.4, 0.5) is 0 Å². The van der Waals surface area contributed by atoms with Crippen LogP contribution in [0.2, 0.25) is 0 Å². The molecule has 1 N–H and O–H groups in total. The van der Waals surface area contributed by atoms with Gasteiger partial charge in [-0.3, -0.25) is 0 Å². The van der Waals surface area contributed by atoms with Crippen LogP contribution in [0.1, 0.15) is 13.8 Å². The summed E-state index contributed by atoms with van der Waals surface area (Å²) in [5, 5.41) is 9.57. The van der Waals surface area contributed by atoms with Gasteiger partial charge in [0.2, 0.25) is 0 Å². The van der Waals surface area contributed by atoms with Gasteiger partial charge in [0, 0.05) is 5.33 Å². The molecule has 11 heavy (non-hydrogen) atoms. The van der Waals surface area contributed by atoms with Crippen molar-refractivity contribution in [2.75, 3.05) is 11.9 Å². The minimum atomic E-state index is -0.550. The Labute approximate surface area is 74.8 Å². The minimum absolute atomic E-state index is 0.0136. The van der Waals surface area contributed by atoms with Crippen molar-refractivity contribution in [3.8, 4) is 0 Å². The summed E-state index contributed by atoms with van der Waals surface area (Å²) in [7, 11) is 0. The van der Waals surface area contributed by atoms with E-state index in [1.807, 2.05) is 13.8 Å². The van der Waals surface area contributed by atoms with Crippen molar-refractivity contribution in [3.05, 3.63) is 0 Å². The number of rotatable bonds is 2. The predicted octanol–water partition coefficient (Wildman–Crippen LogP) is 0.894. The van der Waals surface area contributed by atoms with Gasteiger partial charge in [0.1, 0.15) is 6.10 Å². The van der Waals surface area contributed by atoms with E-state index < -0.39 is 5.79 Å². The highest BCUT2D eigenvalue weighted by atomic mass is 79.9. The van der Waals surface area contributed by atoms with E-state index in [0.717, 1.165) is 0 Å². The SMILES string of the molecule is CC1(C)O[C@@H](CO)[C@H](CBr)O1. The van der Waals surface area contributed by atoms with E-state index in [0.29, 0.717) is 5.33 Å². The largest absolute Gasteiger partial charge is 0.394 e. The first-order valence-electron chi connectivity index (χ1n) is 3.61. The molecule has 0 aromatic carbocycles. The Morgan fingerprint density at radius 2 is 1.91 bits per heavy atom. The van der Waals surface area contributed by atoms with Crippen LogP contribution in [0.15, 0.2) is 0 Å². The van der Waals surface area contributed by atoms with Crippen molar-refractivity contribution < 1.29 is 14.6 Å². The van der Waals surface area contributed by atoms with E-state index in [2.05, 4.69) is 15.9 Å². The van der Waals surface area contributed by atoms with E-state index >= 15 is 0 Å². The van der Waals surface area contributed by atoms with E-state index in [9.17, 15) is 0 Å². The molecular formula is C7H13BrO3. The molecule has 2 atom stereocenters. The number of hydrogen-bond acceptors (Lipinski definition) is 3. The highest BCUT2D eigenvalue weighted by Crippen LogP contribution is 2.28. The summed E-state index contributed by atoms with van der Waals surface area (Å²) in [6.07, 6.45) is -0.223. The van der Waals surface area contributed by atoms with Gasteiger partial charge in [0.25, 0.3) is 0 Å². The molecule has 1 saturated heterocycles. The molecule has 0 spiro atoms. The lowest BCUT2D eigenvalue weighted by atomic mass is 10.2. The first-order chi connectivity index (χ1) is 5.09. The maximum atomic E-state index is 8.87. The van der Waals surface area contributed by atoms with Crippen molar-refractivity contribution >= 4 is 15.9 Å². The highest BCUT2D eigenvalue weighted by Gasteiger charge is 2.39. The Balaban J connectivity index is 2.55. The fourth-order valence-electron chi connectivity index (χ4n) is 1.19. The van der Waals surface area contributed by atoms with Gasteiger partial charge in [-0.15, -0.1) is 0 Å². The van der Waals surface area contributed by atoms with Crippen LogP contribution in [0.25, 0.3) is 0 Å². The van der Waals surface area contributed by atoms with Crippen LogP contribution in [0.3, 0.4) is 0 Å². The second kappa shape index (κ2) is 3.39. The Bertz CT molecular complexity index is 124. The molecule has 0 aliphatic carbocycles. The average Bonchev–Trinajstić information content (AvgIpc) is 2.25. The van der Waals surface area contributed by atoms with Gasteiger partial charge >= 0.3 is 0 Å². The van der Waals surface area contributed by atoms with Crippen LogP contribution in [-0.2, 0) is 9.47 Å². The van der Waals surface area contributed by atoms with Gasteiger partial charge in [-0.1, -0.05) is 15.9 Å². The van der Waals surface area contributed by atoms with E-state index in [1.165, 1.54) is 0 Å². The van der Waals surface area contributed by atoms with Crippen molar-refractivity contribution in [3.63, 3.8) is 0 Å². The molecule has 0 saturated carbocycles. The lowest BCUT2D eigenvalue weighted by molar-refractivity contribution is -0.147. The molecule has 1 heterocycles. The zero-order valence-corrected chi connectivity index (χ0v) is 8.30. The van der Waals surface area contributed by atoms with Crippen LogP contribution in [0, 0.1) is 0 Å². The Kier molecular flexibility index (Phi) is 2.91. The molecule has 0 aromatic rings.